The van der Waals surface area contributed by atoms with Gasteiger partial charge in [0.05, 0.1) is 17.1 Å². The van der Waals surface area contributed by atoms with Gasteiger partial charge < -0.3 is 10.5 Å². The molecule has 0 spiro atoms. The van der Waals surface area contributed by atoms with Gasteiger partial charge in [0.2, 0.25) is 0 Å². The molecule has 1 rings (SSSR count). The third kappa shape index (κ3) is 3.32. The van der Waals surface area contributed by atoms with Crippen molar-refractivity contribution in [3.05, 3.63) is 11.1 Å². The molecule has 0 atom stereocenters. The van der Waals surface area contributed by atoms with E-state index in [4.69, 9.17) is 10.5 Å². The van der Waals surface area contributed by atoms with Crippen molar-refractivity contribution in [2.75, 3.05) is 5.73 Å². The quantitative estimate of drug-likeness (QED) is 0.812. The third-order valence-corrected chi connectivity index (χ3v) is 2.83. The van der Waals surface area contributed by atoms with E-state index in [0.29, 0.717) is 11.7 Å². The Morgan fingerprint density at radius 1 is 1.62 bits per heavy atom. The maximum atomic E-state index is 5.69. The number of aromatic nitrogens is 1. The standard InChI is InChI=1S/C9H16N2OS/c1-4-9(2,3)12-6-7-5-11-8(10)13-7/h5H,4,6H2,1-3H3,(H2,10,11). The first-order valence-corrected chi connectivity index (χ1v) is 5.19. The van der Waals surface area contributed by atoms with E-state index < -0.39 is 0 Å². The number of nitrogens with zero attached hydrogens (tertiary/aromatic N) is 1. The van der Waals surface area contributed by atoms with Crippen LogP contribution in [0.1, 0.15) is 32.1 Å². The highest BCUT2D eigenvalue weighted by atomic mass is 32.1. The van der Waals surface area contributed by atoms with Crippen molar-refractivity contribution in [1.29, 1.82) is 0 Å². The lowest BCUT2D eigenvalue weighted by Crippen LogP contribution is -2.22. The van der Waals surface area contributed by atoms with Gasteiger partial charge in [-0.2, -0.15) is 0 Å². The second-order valence-corrected chi connectivity index (χ2v) is 4.71. The van der Waals surface area contributed by atoms with Gasteiger partial charge in [-0.25, -0.2) is 4.98 Å². The summed E-state index contributed by atoms with van der Waals surface area (Å²) in [5, 5.41) is 0.605. The molecule has 1 aromatic rings. The molecule has 0 saturated carbocycles. The van der Waals surface area contributed by atoms with Gasteiger partial charge in [0.15, 0.2) is 5.13 Å². The molecule has 1 aromatic heterocycles. The van der Waals surface area contributed by atoms with Crippen molar-refractivity contribution in [2.24, 2.45) is 0 Å². The number of nitrogen functional groups attached to an aromatic ring is 1. The van der Waals surface area contributed by atoms with E-state index in [-0.39, 0.29) is 5.60 Å². The van der Waals surface area contributed by atoms with E-state index in [1.165, 1.54) is 11.3 Å². The SMILES string of the molecule is CCC(C)(C)OCc1cnc(N)s1. The summed E-state index contributed by atoms with van der Waals surface area (Å²) in [5.41, 5.74) is 5.45. The van der Waals surface area contributed by atoms with E-state index in [1.807, 2.05) is 0 Å². The molecule has 74 valence electrons. The molecule has 2 N–H and O–H groups in total. The summed E-state index contributed by atoms with van der Waals surface area (Å²) in [6.45, 7) is 6.88. The first-order chi connectivity index (χ1) is 6.03. The van der Waals surface area contributed by atoms with Crippen LogP contribution in [0.3, 0.4) is 0 Å². The monoisotopic (exact) mass is 200 g/mol. The van der Waals surface area contributed by atoms with Crippen LogP contribution in [0.4, 0.5) is 5.13 Å². The number of hydrogen-bond donors (Lipinski definition) is 1. The minimum atomic E-state index is -0.0568. The molecule has 0 aliphatic heterocycles. The molecule has 1 heterocycles. The van der Waals surface area contributed by atoms with Crippen LogP contribution in [0, 0.1) is 0 Å². The zero-order valence-electron chi connectivity index (χ0n) is 8.33. The first-order valence-electron chi connectivity index (χ1n) is 4.37. The van der Waals surface area contributed by atoms with Crippen LogP contribution in [0.25, 0.3) is 0 Å². The molecule has 0 fully saturated rings. The molecule has 3 nitrogen and oxygen atoms in total. The van der Waals surface area contributed by atoms with Crippen molar-refractivity contribution >= 4 is 16.5 Å². The number of nitrogens with two attached hydrogens (primary N) is 1. The second kappa shape index (κ2) is 4.07. The lowest BCUT2D eigenvalue weighted by Gasteiger charge is -2.22. The Hall–Kier alpha value is -0.610. The van der Waals surface area contributed by atoms with Gasteiger partial charge in [-0.3, -0.25) is 0 Å². The molecule has 0 aliphatic carbocycles. The molecule has 0 aliphatic rings. The average molecular weight is 200 g/mol. The molecule has 13 heavy (non-hydrogen) atoms. The Morgan fingerprint density at radius 2 is 2.31 bits per heavy atom. The number of rotatable bonds is 4. The molecule has 0 saturated heterocycles. The van der Waals surface area contributed by atoms with E-state index >= 15 is 0 Å². The fourth-order valence-corrected chi connectivity index (χ4v) is 1.36. The predicted octanol–water partition coefficient (Wildman–Crippen LogP) is 2.43. The second-order valence-electron chi connectivity index (χ2n) is 3.57. The normalized spacial score (nSPS) is 11.9. The van der Waals surface area contributed by atoms with E-state index in [0.717, 1.165) is 11.3 Å². The number of anilines is 1. The van der Waals surface area contributed by atoms with Gasteiger partial charge >= 0.3 is 0 Å². The Balaban J connectivity index is 2.43. The molecular formula is C9H16N2OS. The number of ether oxygens (including phenoxy) is 1. The lowest BCUT2D eigenvalue weighted by atomic mass is 10.1. The molecular weight excluding hydrogens is 184 g/mol. The highest BCUT2D eigenvalue weighted by Gasteiger charge is 2.15. The Morgan fingerprint density at radius 3 is 2.77 bits per heavy atom. The Kier molecular flexibility index (Phi) is 3.27. The molecule has 0 amide bonds. The highest BCUT2D eigenvalue weighted by Crippen LogP contribution is 2.20. The minimum absolute atomic E-state index is 0.0568. The summed E-state index contributed by atoms with van der Waals surface area (Å²) in [4.78, 5) is 5.04. The summed E-state index contributed by atoms with van der Waals surface area (Å²) >= 11 is 1.48. The van der Waals surface area contributed by atoms with Gasteiger partial charge in [0.25, 0.3) is 0 Å². The largest absolute Gasteiger partial charge is 0.375 e. The van der Waals surface area contributed by atoms with Crippen LogP contribution in [0.15, 0.2) is 6.20 Å². The Bertz CT molecular complexity index is 270. The fourth-order valence-electron chi connectivity index (χ4n) is 0.758. The number of hydrogen-bond acceptors (Lipinski definition) is 4. The number of thiazole rings is 1. The van der Waals surface area contributed by atoms with Crippen molar-refractivity contribution in [1.82, 2.24) is 4.98 Å². The van der Waals surface area contributed by atoms with Gasteiger partial charge in [-0.15, -0.1) is 0 Å². The van der Waals surface area contributed by atoms with Crippen LogP contribution in [0.2, 0.25) is 0 Å². The lowest BCUT2D eigenvalue weighted by molar-refractivity contribution is -0.0304. The van der Waals surface area contributed by atoms with Crippen molar-refractivity contribution in [2.45, 2.75) is 39.4 Å². The van der Waals surface area contributed by atoms with E-state index in [1.54, 1.807) is 6.20 Å². The minimum Gasteiger partial charge on any atom is -0.375 e. The molecule has 0 aromatic carbocycles. The van der Waals surface area contributed by atoms with Crippen LogP contribution in [-0.4, -0.2) is 10.6 Å². The zero-order valence-corrected chi connectivity index (χ0v) is 9.15. The molecule has 0 unspecified atom stereocenters. The van der Waals surface area contributed by atoms with Gasteiger partial charge in [-0.1, -0.05) is 18.3 Å². The maximum Gasteiger partial charge on any atom is 0.180 e. The van der Waals surface area contributed by atoms with E-state index in [9.17, 15) is 0 Å². The van der Waals surface area contributed by atoms with Crippen LogP contribution < -0.4 is 5.73 Å². The fraction of sp³-hybridized carbons (Fsp3) is 0.667. The van der Waals surface area contributed by atoms with E-state index in [2.05, 4.69) is 25.8 Å². The molecule has 4 heteroatoms. The first kappa shape index (κ1) is 10.5. The van der Waals surface area contributed by atoms with Crippen LogP contribution in [-0.2, 0) is 11.3 Å². The summed E-state index contributed by atoms with van der Waals surface area (Å²) < 4.78 is 5.69. The maximum absolute atomic E-state index is 5.69. The Labute approximate surface area is 82.9 Å². The summed E-state index contributed by atoms with van der Waals surface area (Å²) in [7, 11) is 0. The summed E-state index contributed by atoms with van der Waals surface area (Å²) in [6, 6.07) is 0. The van der Waals surface area contributed by atoms with Crippen LogP contribution in [0.5, 0.6) is 0 Å². The predicted molar refractivity (Wildman–Crippen MR) is 55.7 cm³/mol. The van der Waals surface area contributed by atoms with Crippen molar-refractivity contribution in [3.63, 3.8) is 0 Å². The highest BCUT2D eigenvalue weighted by molar-refractivity contribution is 7.15. The third-order valence-electron chi connectivity index (χ3n) is 2.03. The van der Waals surface area contributed by atoms with Crippen molar-refractivity contribution < 1.29 is 4.74 Å². The van der Waals surface area contributed by atoms with Crippen molar-refractivity contribution in [3.8, 4) is 0 Å². The summed E-state index contributed by atoms with van der Waals surface area (Å²) in [5.74, 6) is 0. The smallest absolute Gasteiger partial charge is 0.180 e. The topological polar surface area (TPSA) is 48.1 Å². The average Bonchev–Trinajstić information content (AvgIpc) is 2.48. The summed E-state index contributed by atoms with van der Waals surface area (Å²) in [6.07, 6.45) is 2.77. The van der Waals surface area contributed by atoms with Gasteiger partial charge in [0.1, 0.15) is 0 Å². The van der Waals surface area contributed by atoms with Gasteiger partial charge in [-0.05, 0) is 20.3 Å². The van der Waals surface area contributed by atoms with Crippen LogP contribution >= 0.6 is 11.3 Å². The zero-order chi connectivity index (χ0) is 9.90. The van der Waals surface area contributed by atoms with Gasteiger partial charge in [0, 0.05) is 6.20 Å². The molecule has 0 radical (unpaired) electrons. The molecule has 0 bridgehead atoms.